The molecule has 0 amide bonds. The van der Waals surface area contributed by atoms with Crippen LogP contribution in [0.3, 0.4) is 0 Å². The number of rotatable bonds is 6. The summed E-state index contributed by atoms with van der Waals surface area (Å²) < 4.78 is 23.9. The zero-order valence-electron chi connectivity index (χ0n) is 16.8. The van der Waals surface area contributed by atoms with Gasteiger partial charge in [0.25, 0.3) is 0 Å². The van der Waals surface area contributed by atoms with Gasteiger partial charge >= 0.3 is 0 Å². The van der Waals surface area contributed by atoms with E-state index in [1.807, 2.05) is 51.8 Å². The van der Waals surface area contributed by atoms with E-state index in [2.05, 4.69) is 24.2 Å². The van der Waals surface area contributed by atoms with Gasteiger partial charge in [-0.1, -0.05) is 19.8 Å². The van der Waals surface area contributed by atoms with Gasteiger partial charge in [-0.2, -0.15) is 0 Å². The quantitative estimate of drug-likeness (QED) is 0.542. The molecular formula is C19H34N2O2S. The van der Waals surface area contributed by atoms with Crippen molar-refractivity contribution in [2.24, 2.45) is 0 Å². The predicted molar refractivity (Wildman–Crippen MR) is 107 cm³/mol. The molecule has 0 aliphatic heterocycles. The Morgan fingerprint density at radius 1 is 1.08 bits per heavy atom. The van der Waals surface area contributed by atoms with E-state index in [-0.39, 0.29) is 0 Å². The molecule has 4 nitrogen and oxygen atoms in total. The van der Waals surface area contributed by atoms with Gasteiger partial charge in [-0.25, -0.2) is 12.7 Å². The van der Waals surface area contributed by atoms with Crippen LogP contribution in [0.4, 0.5) is 0 Å². The van der Waals surface area contributed by atoms with E-state index in [9.17, 15) is 8.42 Å². The van der Waals surface area contributed by atoms with Crippen molar-refractivity contribution < 1.29 is 8.42 Å². The lowest BCUT2D eigenvalue weighted by molar-refractivity contribution is 0.366. The largest absolute Gasteiger partial charge is 0.377 e. The average Bonchev–Trinajstić information content (AvgIpc) is 2.52. The van der Waals surface area contributed by atoms with Crippen LogP contribution in [0, 0.1) is 24.2 Å². The van der Waals surface area contributed by atoms with Gasteiger partial charge in [0.2, 0.25) is 10.0 Å². The number of sulfonamides is 1. The summed E-state index contributed by atoms with van der Waals surface area (Å²) in [6.45, 7) is 12.5. The number of terminal acetylenes is 1. The molecule has 0 aromatic carbocycles. The fraction of sp³-hybridized carbons (Fsp3) is 0.579. The van der Waals surface area contributed by atoms with Crippen LogP contribution >= 0.6 is 0 Å². The zero-order chi connectivity index (χ0) is 19.8. The Morgan fingerprint density at radius 3 is 1.92 bits per heavy atom. The van der Waals surface area contributed by atoms with Crippen LogP contribution in [-0.2, 0) is 10.0 Å². The molecule has 0 aliphatic carbocycles. The van der Waals surface area contributed by atoms with Crippen LogP contribution in [0.2, 0.25) is 0 Å². The highest BCUT2D eigenvalue weighted by Gasteiger charge is 2.11. The van der Waals surface area contributed by atoms with Crippen molar-refractivity contribution in [2.45, 2.75) is 41.5 Å². The third kappa shape index (κ3) is 16.7. The summed E-state index contributed by atoms with van der Waals surface area (Å²) in [4.78, 5) is 2.02. The molecule has 0 unspecified atom stereocenters. The standard InChI is InChI=1S/C14H24N2O2S.C3H4.C2H6/c1-7-8-13(2)9-10-14(3)15(4)11-12-16(5)19(6,17)18;1-3-2;1-2/h9-10H,11-12H2,1-6H3;1H,2H3;1-2H3/b13-9+,14-10+;;. The van der Waals surface area contributed by atoms with Crippen molar-refractivity contribution in [3.8, 4) is 24.2 Å². The molecule has 0 N–H and O–H groups in total. The van der Waals surface area contributed by atoms with E-state index in [1.54, 1.807) is 20.9 Å². The molecule has 0 aromatic rings. The summed E-state index contributed by atoms with van der Waals surface area (Å²) in [7, 11) is 0.427. The van der Waals surface area contributed by atoms with Crippen molar-refractivity contribution in [3.63, 3.8) is 0 Å². The third-order valence-electron chi connectivity index (χ3n) is 2.82. The van der Waals surface area contributed by atoms with Gasteiger partial charge in [-0.05, 0) is 45.4 Å². The second-order valence-electron chi connectivity index (χ2n) is 4.83. The third-order valence-corrected chi connectivity index (χ3v) is 4.13. The predicted octanol–water partition coefficient (Wildman–Crippen LogP) is 3.35. The monoisotopic (exact) mass is 354 g/mol. The number of nitrogens with zero attached hydrogens (tertiary/aromatic N) is 2. The lowest BCUT2D eigenvalue weighted by atomic mass is 10.2. The van der Waals surface area contributed by atoms with Gasteiger partial charge in [0, 0.05) is 32.9 Å². The van der Waals surface area contributed by atoms with E-state index in [0.717, 1.165) is 11.3 Å². The summed E-state index contributed by atoms with van der Waals surface area (Å²) in [5.41, 5.74) is 2.07. The molecule has 0 aromatic heterocycles. The minimum atomic E-state index is -3.10. The van der Waals surface area contributed by atoms with E-state index in [0.29, 0.717) is 13.1 Å². The molecule has 0 aliphatic rings. The van der Waals surface area contributed by atoms with Gasteiger partial charge in [0.1, 0.15) is 0 Å². The Bertz CT molecular complexity index is 585. The minimum Gasteiger partial charge on any atom is -0.377 e. The number of hydrogen-bond acceptors (Lipinski definition) is 3. The average molecular weight is 355 g/mol. The summed E-state index contributed by atoms with van der Waals surface area (Å²) in [6.07, 6.45) is 9.76. The molecule has 5 heteroatoms. The highest BCUT2D eigenvalue weighted by Crippen LogP contribution is 2.03. The lowest BCUT2D eigenvalue weighted by Gasteiger charge is -2.22. The highest BCUT2D eigenvalue weighted by molar-refractivity contribution is 7.88. The molecule has 0 bridgehead atoms. The smallest absolute Gasteiger partial charge is 0.211 e. The lowest BCUT2D eigenvalue weighted by Crippen LogP contribution is -2.33. The SMILES string of the molecule is C#CC.CC.CC#C/C(C)=C/C=C(\C)N(C)CCN(C)S(C)(=O)=O. The van der Waals surface area contributed by atoms with Crippen molar-refractivity contribution >= 4 is 10.0 Å². The summed E-state index contributed by atoms with van der Waals surface area (Å²) >= 11 is 0. The zero-order valence-corrected chi connectivity index (χ0v) is 17.6. The van der Waals surface area contributed by atoms with E-state index < -0.39 is 10.0 Å². The first-order chi connectivity index (χ1) is 11.1. The maximum Gasteiger partial charge on any atom is 0.211 e. The molecular weight excluding hydrogens is 320 g/mol. The molecule has 0 saturated heterocycles. The Morgan fingerprint density at radius 2 is 1.54 bits per heavy atom. The minimum absolute atomic E-state index is 0.470. The topological polar surface area (TPSA) is 40.6 Å². The number of likely N-dealkylation sites (N-methyl/N-ethyl adjacent to an activating group) is 2. The van der Waals surface area contributed by atoms with Gasteiger partial charge in [-0.3, -0.25) is 0 Å². The Hall–Kier alpha value is -1.69. The maximum absolute atomic E-state index is 11.3. The maximum atomic E-state index is 11.3. The van der Waals surface area contributed by atoms with Crippen LogP contribution < -0.4 is 0 Å². The molecule has 0 spiro atoms. The van der Waals surface area contributed by atoms with E-state index in [4.69, 9.17) is 0 Å². The van der Waals surface area contributed by atoms with E-state index in [1.165, 1.54) is 10.6 Å². The Kier molecular flexibility index (Phi) is 18.3. The molecule has 0 rings (SSSR count). The second kappa shape index (κ2) is 16.2. The highest BCUT2D eigenvalue weighted by atomic mass is 32.2. The Balaban J connectivity index is -0.000000786. The second-order valence-corrected chi connectivity index (χ2v) is 6.92. The van der Waals surface area contributed by atoms with Crippen molar-refractivity contribution in [1.82, 2.24) is 9.21 Å². The summed E-state index contributed by atoms with van der Waals surface area (Å²) in [5.74, 6) is 8.06. The van der Waals surface area contributed by atoms with Gasteiger partial charge in [0.15, 0.2) is 0 Å². The molecule has 0 fully saturated rings. The molecule has 0 heterocycles. The molecule has 0 radical (unpaired) electrons. The van der Waals surface area contributed by atoms with Crippen LogP contribution in [0.1, 0.15) is 41.5 Å². The Labute approximate surface area is 150 Å². The summed E-state index contributed by atoms with van der Waals surface area (Å²) in [6, 6.07) is 0. The first-order valence-corrected chi connectivity index (χ1v) is 9.72. The van der Waals surface area contributed by atoms with Gasteiger partial charge in [-0.15, -0.1) is 18.3 Å². The number of allylic oxidation sites excluding steroid dienone is 4. The van der Waals surface area contributed by atoms with Crippen molar-refractivity contribution in [1.29, 1.82) is 0 Å². The fourth-order valence-corrected chi connectivity index (χ4v) is 1.66. The van der Waals surface area contributed by atoms with Crippen LogP contribution in [0.5, 0.6) is 0 Å². The van der Waals surface area contributed by atoms with Gasteiger partial charge in [0.05, 0.1) is 6.26 Å². The molecule has 138 valence electrons. The normalized spacial score (nSPS) is 11.0. The number of hydrogen-bond donors (Lipinski definition) is 0. The molecule has 0 atom stereocenters. The molecule has 0 saturated carbocycles. The van der Waals surface area contributed by atoms with Crippen LogP contribution in [0.15, 0.2) is 23.4 Å². The van der Waals surface area contributed by atoms with Gasteiger partial charge < -0.3 is 4.90 Å². The summed E-state index contributed by atoms with van der Waals surface area (Å²) in [5, 5.41) is 0. The van der Waals surface area contributed by atoms with E-state index >= 15 is 0 Å². The van der Waals surface area contributed by atoms with Crippen LogP contribution in [-0.4, -0.2) is 51.1 Å². The fourth-order valence-electron chi connectivity index (χ4n) is 1.24. The van der Waals surface area contributed by atoms with Crippen LogP contribution in [0.25, 0.3) is 0 Å². The van der Waals surface area contributed by atoms with Crippen molar-refractivity contribution in [3.05, 3.63) is 23.4 Å². The van der Waals surface area contributed by atoms with Crippen molar-refractivity contribution in [2.75, 3.05) is 33.4 Å². The first kappa shape index (κ1) is 27.2. The molecule has 24 heavy (non-hydrogen) atoms. The first-order valence-electron chi connectivity index (χ1n) is 7.87.